The molecule has 0 radical (unpaired) electrons. The third-order valence-corrected chi connectivity index (χ3v) is 4.08. The molecule has 0 saturated heterocycles. The van der Waals surface area contributed by atoms with Gasteiger partial charge in [-0.05, 0) is 18.5 Å². The Morgan fingerprint density at radius 3 is 2.53 bits per heavy atom. The Hall–Kier alpha value is -0.820. The number of rotatable bonds is 4. The Balaban J connectivity index is 2.70. The summed E-state index contributed by atoms with van der Waals surface area (Å²) >= 11 is 1.29. The molecule has 0 aliphatic heterocycles. The van der Waals surface area contributed by atoms with E-state index in [1.165, 1.54) is 17.8 Å². The highest BCUT2D eigenvalue weighted by atomic mass is 32.2. The number of hydrogen-bond donors (Lipinski definition) is 1. The molecule has 1 rings (SSSR count). The zero-order chi connectivity index (χ0) is 11.6. The van der Waals surface area contributed by atoms with Crippen LogP contribution in [0.5, 0.6) is 0 Å². The van der Waals surface area contributed by atoms with E-state index in [9.17, 15) is 8.42 Å². The summed E-state index contributed by atoms with van der Waals surface area (Å²) in [5.74, 6) is 0.655. The lowest BCUT2D eigenvalue weighted by Gasteiger charge is -2.16. The molecule has 0 unspecified atom stereocenters. The van der Waals surface area contributed by atoms with Crippen LogP contribution >= 0.6 is 11.5 Å². The van der Waals surface area contributed by atoms with Crippen molar-refractivity contribution in [2.75, 3.05) is 36.2 Å². The number of nitrogens with zero attached hydrogens (tertiary/aromatic N) is 2. The molecule has 1 heterocycles. The van der Waals surface area contributed by atoms with Crippen molar-refractivity contribution < 1.29 is 8.42 Å². The van der Waals surface area contributed by atoms with Crippen molar-refractivity contribution in [2.24, 2.45) is 0 Å². The molecule has 0 aliphatic carbocycles. The topological polar surface area (TPSA) is 76.3 Å². The smallest absolute Gasteiger partial charge is 0.149 e. The number of nitrogens with two attached hydrogens (primary N) is 1. The molecule has 1 aromatic rings. The van der Waals surface area contributed by atoms with Crippen LogP contribution in [-0.2, 0) is 9.84 Å². The summed E-state index contributed by atoms with van der Waals surface area (Å²) in [5, 5.41) is 0.927. The van der Waals surface area contributed by atoms with Gasteiger partial charge >= 0.3 is 0 Å². The van der Waals surface area contributed by atoms with Gasteiger partial charge in [0.15, 0.2) is 0 Å². The standard InChI is InChI=1S/C8H15N3O2S2/c1-6-7(9)10-14-8(6)11(2)4-5-15(3,12)13/h4-5H2,1-3H3,(H2,9,10). The van der Waals surface area contributed by atoms with Crippen LogP contribution in [0.15, 0.2) is 0 Å². The summed E-state index contributed by atoms with van der Waals surface area (Å²) in [5.41, 5.74) is 6.53. The zero-order valence-electron chi connectivity index (χ0n) is 9.02. The van der Waals surface area contributed by atoms with Gasteiger partial charge in [0.25, 0.3) is 0 Å². The van der Waals surface area contributed by atoms with Crippen LogP contribution in [0.3, 0.4) is 0 Å². The predicted octanol–water partition coefficient (Wildman–Crippen LogP) is 0.515. The molecule has 0 aromatic carbocycles. The molecule has 86 valence electrons. The first-order chi connectivity index (χ1) is 6.81. The first-order valence-corrected chi connectivity index (χ1v) is 7.25. The lowest BCUT2D eigenvalue weighted by molar-refractivity contribution is 0.601. The van der Waals surface area contributed by atoms with Crippen LogP contribution in [0, 0.1) is 6.92 Å². The molecule has 5 nitrogen and oxygen atoms in total. The van der Waals surface area contributed by atoms with Crippen LogP contribution in [0.2, 0.25) is 0 Å². The van der Waals surface area contributed by atoms with Crippen molar-refractivity contribution in [2.45, 2.75) is 6.92 Å². The van der Waals surface area contributed by atoms with Gasteiger partial charge in [0.1, 0.15) is 20.7 Å². The molecule has 2 N–H and O–H groups in total. The van der Waals surface area contributed by atoms with Gasteiger partial charge in [-0.15, -0.1) is 0 Å². The highest BCUT2D eigenvalue weighted by molar-refractivity contribution is 7.90. The average molecular weight is 249 g/mol. The first kappa shape index (κ1) is 12.3. The highest BCUT2D eigenvalue weighted by Crippen LogP contribution is 2.28. The third-order valence-electron chi connectivity index (χ3n) is 2.08. The molecule has 7 heteroatoms. The fourth-order valence-corrected chi connectivity index (χ4v) is 2.50. The molecule has 0 amide bonds. The highest BCUT2D eigenvalue weighted by Gasteiger charge is 2.12. The van der Waals surface area contributed by atoms with Crippen LogP contribution in [0.25, 0.3) is 0 Å². The quantitative estimate of drug-likeness (QED) is 0.841. The molecule has 0 spiro atoms. The maximum Gasteiger partial charge on any atom is 0.149 e. The van der Waals surface area contributed by atoms with E-state index in [1.807, 2.05) is 18.9 Å². The first-order valence-electron chi connectivity index (χ1n) is 4.42. The monoisotopic (exact) mass is 249 g/mol. The molecule has 0 fully saturated rings. The summed E-state index contributed by atoms with van der Waals surface area (Å²) in [4.78, 5) is 1.87. The van der Waals surface area contributed by atoms with Gasteiger partial charge in [0.2, 0.25) is 0 Å². The van der Waals surface area contributed by atoms with E-state index in [0.29, 0.717) is 12.4 Å². The lowest BCUT2D eigenvalue weighted by Crippen LogP contribution is -2.24. The van der Waals surface area contributed by atoms with Gasteiger partial charge in [-0.2, -0.15) is 4.37 Å². The molecule has 0 atom stereocenters. The second kappa shape index (κ2) is 4.36. The van der Waals surface area contributed by atoms with Gasteiger partial charge in [-0.1, -0.05) is 0 Å². The van der Waals surface area contributed by atoms with Crippen molar-refractivity contribution in [3.05, 3.63) is 5.56 Å². The van der Waals surface area contributed by atoms with Crippen LogP contribution in [0.1, 0.15) is 5.56 Å². The Morgan fingerprint density at radius 1 is 1.53 bits per heavy atom. The molecule has 0 saturated carbocycles. The minimum atomic E-state index is -2.92. The molecular weight excluding hydrogens is 234 g/mol. The van der Waals surface area contributed by atoms with Gasteiger partial charge < -0.3 is 10.6 Å². The minimum Gasteiger partial charge on any atom is -0.383 e. The van der Waals surface area contributed by atoms with E-state index in [2.05, 4.69) is 4.37 Å². The van der Waals surface area contributed by atoms with Gasteiger partial charge in [-0.25, -0.2) is 8.42 Å². The van der Waals surface area contributed by atoms with Gasteiger partial charge in [0.05, 0.1) is 5.75 Å². The summed E-state index contributed by atoms with van der Waals surface area (Å²) < 4.78 is 26.0. The van der Waals surface area contributed by atoms with Crippen molar-refractivity contribution in [3.8, 4) is 0 Å². The second-order valence-corrected chi connectivity index (χ2v) is 6.56. The Kier molecular flexibility index (Phi) is 3.56. The van der Waals surface area contributed by atoms with Crippen molar-refractivity contribution in [1.29, 1.82) is 0 Å². The Bertz CT molecular complexity index is 439. The van der Waals surface area contributed by atoms with E-state index in [1.54, 1.807) is 0 Å². The molecule has 1 aromatic heterocycles. The van der Waals surface area contributed by atoms with Crippen molar-refractivity contribution in [1.82, 2.24) is 4.37 Å². The maximum atomic E-state index is 11.0. The number of hydrogen-bond acceptors (Lipinski definition) is 6. The largest absolute Gasteiger partial charge is 0.383 e. The average Bonchev–Trinajstić information content (AvgIpc) is 2.43. The van der Waals surface area contributed by atoms with E-state index in [4.69, 9.17) is 5.73 Å². The van der Waals surface area contributed by atoms with E-state index in [-0.39, 0.29) is 5.75 Å². The van der Waals surface area contributed by atoms with E-state index < -0.39 is 9.84 Å². The fraction of sp³-hybridized carbons (Fsp3) is 0.625. The van der Waals surface area contributed by atoms with E-state index >= 15 is 0 Å². The normalized spacial score (nSPS) is 11.7. The minimum absolute atomic E-state index is 0.140. The van der Waals surface area contributed by atoms with Gasteiger partial charge in [-0.3, -0.25) is 0 Å². The van der Waals surface area contributed by atoms with Crippen molar-refractivity contribution >= 4 is 32.2 Å². The van der Waals surface area contributed by atoms with Gasteiger partial charge in [0, 0.05) is 25.4 Å². The fourth-order valence-electron chi connectivity index (χ4n) is 1.10. The predicted molar refractivity (Wildman–Crippen MR) is 64.2 cm³/mol. The number of nitrogen functional groups attached to an aromatic ring is 1. The van der Waals surface area contributed by atoms with Crippen LogP contribution in [0.4, 0.5) is 10.8 Å². The summed E-state index contributed by atoms with van der Waals surface area (Å²) in [6, 6.07) is 0. The molecule has 0 bridgehead atoms. The number of sulfone groups is 1. The van der Waals surface area contributed by atoms with Crippen molar-refractivity contribution in [3.63, 3.8) is 0 Å². The van der Waals surface area contributed by atoms with Crippen LogP contribution in [-0.4, -0.2) is 38.4 Å². The summed E-state index contributed by atoms with van der Waals surface area (Å²) in [6.45, 7) is 2.34. The van der Waals surface area contributed by atoms with Crippen LogP contribution < -0.4 is 10.6 Å². The number of anilines is 2. The van der Waals surface area contributed by atoms with E-state index in [0.717, 1.165) is 10.6 Å². The Morgan fingerprint density at radius 2 is 2.13 bits per heavy atom. The summed E-state index contributed by atoms with van der Waals surface area (Å²) in [7, 11) is -1.08. The third kappa shape index (κ3) is 3.35. The lowest BCUT2D eigenvalue weighted by atomic mass is 10.3. The second-order valence-electron chi connectivity index (χ2n) is 3.55. The Labute approximate surface area is 94.0 Å². The molecule has 15 heavy (non-hydrogen) atoms. The SMILES string of the molecule is Cc1c(N)nsc1N(C)CCS(C)(=O)=O. The molecule has 0 aliphatic rings. The zero-order valence-corrected chi connectivity index (χ0v) is 10.7. The maximum absolute atomic E-state index is 11.0. The summed E-state index contributed by atoms with van der Waals surface area (Å²) in [6.07, 6.45) is 1.23. The number of aromatic nitrogens is 1. The molecular formula is C8H15N3O2S2.